The summed E-state index contributed by atoms with van der Waals surface area (Å²) in [5.41, 5.74) is 3.61. The molecule has 0 saturated carbocycles. The van der Waals surface area contributed by atoms with E-state index in [-0.39, 0.29) is 0 Å². The summed E-state index contributed by atoms with van der Waals surface area (Å²) in [6, 6.07) is 12.0. The second-order valence-electron chi connectivity index (χ2n) is 4.48. The smallest absolute Gasteiger partial charge is 0.129 e. The van der Waals surface area contributed by atoms with Crippen LogP contribution in [0.4, 0.5) is 0 Å². The van der Waals surface area contributed by atoms with Crippen molar-refractivity contribution >= 4 is 23.2 Å². The fraction of sp³-hybridized carbons (Fsp3) is 0.214. The van der Waals surface area contributed by atoms with Gasteiger partial charge in [0, 0.05) is 19.6 Å². The van der Waals surface area contributed by atoms with E-state index < -0.39 is 0 Å². The summed E-state index contributed by atoms with van der Waals surface area (Å²) in [4.78, 5) is 6.61. The lowest BCUT2D eigenvalue weighted by atomic mass is 10.1. The fourth-order valence-corrected chi connectivity index (χ4v) is 2.63. The van der Waals surface area contributed by atoms with Crippen molar-refractivity contribution in [2.45, 2.75) is 19.6 Å². The molecule has 3 rings (SSSR count). The van der Waals surface area contributed by atoms with Crippen molar-refractivity contribution in [3.63, 3.8) is 0 Å². The lowest BCUT2D eigenvalue weighted by Crippen LogP contribution is -2.16. The lowest BCUT2D eigenvalue weighted by Gasteiger charge is -2.15. The number of rotatable bonds is 2. The van der Waals surface area contributed by atoms with E-state index in [2.05, 4.69) is 34.1 Å². The summed E-state index contributed by atoms with van der Waals surface area (Å²) in [6.07, 6.45) is 0. The first kappa shape index (κ1) is 12.0. The number of hydrogen-bond donors (Lipinski definition) is 0. The van der Waals surface area contributed by atoms with Crippen molar-refractivity contribution < 1.29 is 0 Å². The Morgan fingerprint density at radius 2 is 1.67 bits per heavy atom. The molecule has 0 spiro atoms. The minimum Gasteiger partial charge on any atom is -0.289 e. The second kappa shape index (κ2) is 4.88. The molecular weight excluding hydrogens is 267 g/mol. The third-order valence-electron chi connectivity index (χ3n) is 3.16. The molecule has 1 aromatic heterocycles. The lowest BCUT2D eigenvalue weighted by molar-refractivity contribution is 0.272. The highest BCUT2D eigenvalue weighted by molar-refractivity contribution is 6.32. The molecule has 1 aliphatic rings. The number of benzene rings is 1. The zero-order valence-corrected chi connectivity index (χ0v) is 11.2. The van der Waals surface area contributed by atoms with Gasteiger partial charge in [-0.05, 0) is 23.3 Å². The molecule has 0 bridgehead atoms. The summed E-state index contributed by atoms with van der Waals surface area (Å²) in [7, 11) is 0. The minimum absolute atomic E-state index is 0.492. The third kappa shape index (κ3) is 2.37. The van der Waals surface area contributed by atoms with E-state index in [4.69, 9.17) is 23.2 Å². The highest BCUT2D eigenvalue weighted by Gasteiger charge is 2.19. The topological polar surface area (TPSA) is 16.1 Å². The number of nitrogens with zero attached hydrogens (tertiary/aromatic N) is 2. The van der Waals surface area contributed by atoms with E-state index in [0.717, 1.165) is 25.3 Å². The number of aromatic nitrogens is 1. The van der Waals surface area contributed by atoms with Crippen molar-refractivity contribution in [2.24, 2.45) is 0 Å². The maximum atomic E-state index is 6.14. The second-order valence-corrected chi connectivity index (χ2v) is 5.27. The monoisotopic (exact) mass is 278 g/mol. The Hall–Kier alpha value is -1.09. The molecule has 4 heteroatoms. The van der Waals surface area contributed by atoms with Crippen molar-refractivity contribution in [2.75, 3.05) is 0 Å². The van der Waals surface area contributed by atoms with E-state index in [1.165, 1.54) is 11.1 Å². The summed E-state index contributed by atoms with van der Waals surface area (Å²) in [5.74, 6) is 0. The van der Waals surface area contributed by atoms with Gasteiger partial charge in [-0.25, -0.2) is 4.98 Å². The average Bonchev–Trinajstić information content (AvgIpc) is 2.76. The van der Waals surface area contributed by atoms with Crippen LogP contribution in [0.2, 0.25) is 10.2 Å². The van der Waals surface area contributed by atoms with Gasteiger partial charge in [0.25, 0.3) is 0 Å². The van der Waals surface area contributed by atoms with E-state index in [1.54, 1.807) is 12.1 Å². The maximum absolute atomic E-state index is 6.14. The first-order chi connectivity index (χ1) is 8.72. The number of hydrogen-bond acceptors (Lipinski definition) is 2. The van der Waals surface area contributed by atoms with Gasteiger partial charge in [-0.2, -0.15) is 0 Å². The molecule has 0 saturated heterocycles. The third-order valence-corrected chi connectivity index (χ3v) is 3.72. The summed E-state index contributed by atoms with van der Waals surface area (Å²) < 4.78 is 0. The minimum atomic E-state index is 0.492. The SMILES string of the molecule is Clc1ccc(Cl)c(CN2Cc3ccccc3C2)n1. The quantitative estimate of drug-likeness (QED) is 0.775. The zero-order chi connectivity index (χ0) is 12.5. The van der Waals surface area contributed by atoms with Gasteiger partial charge in [0.05, 0.1) is 10.7 Å². The first-order valence-corrected chi connectivity index (χ1v) is 6.58. The number of pyridine rings is 1. The first-order valence-electron chi connectivity index (χ1n) is 5.82. The summed E-state index contributed by atoms with van der Waals surface area (Å²) in [6.45, 7) is 2.62. The van der Waals surface area contributed by atoms with Gasteiger partial charge in [0.2, 0.25) is 0 Å². The van der Waals surface area contributed by atoms with Crippen LogP contribution in [0.3, 0.4) is 0 Å². The van der Waals surface area contributed by atoms with Gasteiger partial charge in [0.15, 0.2) is 0 Å². The Labute approximate surface area is 116 Å². The Kier molecular flexibility index (Phi) is 3.25. The number of halogens is 2. The molecule has 0 fully saturated rings. The zero-order valence-electron chi connectivity index (χ0n) is 9.74. The van der Waals surface area contributed by atoms with Crippen molar-refractivity contribution in [1.29, 1.82) is 0 Å². The van der Waals surface area contributed by atoms with Crippen LogP contribution in [0.25, 0.3) is 0 Å². The van der Waals surface area contributed by atoms with Gasteiger partial charge >= 0.3 is 0 Å². The van der Waals surface area contributed by atoms with Crippen molar-refractivity contribution in [3.8, 4) is 0 Å². The highest BCUT2D eigenvalue weighted by Crippen LogP contribution is 2.26. The molecule has 1 aliphatic heterocycles. The van der Waals surface area contributed by atoms with Gasteiger partial charge < -0.3 is 0 Å². The molecule has 0 atom stereocenters. The van der Waals surface area contributed by atoms with Gasteiger partial charge in [0.1, 0.15) is 5.15 Å². The summed E-state index contributed by atoms with van der Waals surface area (Å²) in [5, 5.41) is 1.17. The molecule has 1 aromatic carbocycles. The Bertz CT molecular complexity index is 559. The predicted octanol–water partition coefficient (Wildman–Crippen LogP) is 3.90. The Balaban J connectivity index is 1.78. The molecule has 0 radical (unpaired) electrons. The van der Waals surface area contributed by atoms with Gasteiger partial charge in [-0.3, -0.25) is 4.90 Å². The summed E-state index contributed by atoms with van der Waals surface area (Å²) >= 11 is 12.0. The van der Waals surface area contributed by atoms with Crippen LogP contribution in [-0.2, 0) is 19.6 Å². The highest BCUT2D eigenvalue weighted by atomic mass is 35.5. The van der Waals surface area contributed by atoms with E-state index >= 15 is 0 Å². The van der Waals surface area contributed by atoms with Crippen LogP contribution < -0.4 is 0 Å². The maximum Gasteiger partial charge on any atom is 0.129 e. The van der Waals surface area contributed by atoms with Crippen molar-refractivity contribution in [1.82, 2.24) is 9.88 Å². The van der Waals surface area contributed by atoms with Crippen LogP contribution in [-0.4, -0.2) is 9.88 Å². The van der Waals surface area contributed by atoms with Gasteiger partial charge in [-0.15, -0.1) is 0 Å². The molecule has 2 nitrogen and oxygen atoms in total. The van der Waals surface area contributed by atoms with Crippen LogP contribution in [0.5, 0.6) is 0 Å². The Morgan fingerprint density at radius 3 is 2.33 bits per heavy atom. The van der Waals surface area contributed by atoms with E-state index in [0.29, 0.717) is 10.2 Å². The molecule has 0 amide bonds. The van der Waals surface area contributed by atoms with Crippen LogP contribution >= 0.6 is 23.2 Å². The fourth-order valence-electron chi connectivity index (χ4n) is 2.30. The molecular formula is C14H12Cl2N2. The Morgan fingerprint density at radius 1 is 1.00 bits per heavy atom. The van der Waals surface area contributed by atoms with Gasteiger partial charge in [-0.1, -0.05) is 47.5 Å². The standard InChI is InChI=1S/C14H12Cl2N2/c15-12-5-6-14(16)17-13(12)9-18-7-10-3-1-2-4-11(10)8-18/h1-6H,7-9H2. The van der Waals surface area contributed by atoms with E-state index in [9.17, 15) is 0 Å². The van der Waals surface area contributed by atoms with Crippen LogP contribution in [0.15, 0.2) is 36.4 Å². The molecule has 2 aromatic rings. The molecule has 0 unspecified atom stereocenters. The molecule has 0 aliphatic carbocycles. The van der Waals surface area contributed by atoms with Crippen LogP contribution in [0.1, 0.15) is 16.8 Å². The number of fused-ring (bicyclic) bond motifs is 1. The largest absolute Gasteiger partial charge is 0.289 e. The molecule has 0 N–H and O–H groups in total. The molecule has 2 heterocycles. The molecule has 18 heavy (non-hydrogen) atoms. The normalized spacial score (nSPS) is 14.8. The average molecular weight is 279 g/mol. The van der Waals surface area contributed by atoms with Crippen LogP contribution in [0, 0.1) is 0 Å². The van der Waals surface area contributed by atoms with Crippen molar-refractivity contribution in [3.05, 3.63) is 63.4 Å². The predicted molar refractivity (Wildman–Crippen MR) is 73.7 cm³/mol. The molecule has 92 valence electrons. The van der Waals surface area contributed by atoms with E-state index in [1.807, 2.05) is 0 Å².